The maximum Gasteiger partial charge on any atom is 0.264 e. The third-order valence-electron chi connectivity index (χ3n) is 5.60. The van der Waals surface area contributed by atoms with Gasteiger partial charge in [0.25, 0.3) is 11.5 Å². The van der Waals surface area contributed by atoms with Crippen molar-refractivity contribution in [3.05, 3.63) is 75.0 Å². The Labute approximate surface area is 175 Å². The molecule has 0 N–H and O–H groups in total. The number of hydrogen-bond donors (Lipinski definition) is 0. The van der Waals surface area contributed by atoms with Gasteiger partial charge in [0.2, 0.25) is 0 Å². The third-order valence-corrected chi connectivity index (χ3v) is 5.60. The van der Waals surface area contributed by atoms with Crippen molar-refractivity contribution in [3.8, 4) is 0 Å². The molecule has 8 heteroatoms. The summed E-state index contributed by atoms with van der Waals surface area (Å²) in [5.74, 6) is -0.217. The summed E-state index contributed by atoms with van der Waals surface area (Å²) in [6, 6.07) is 3.99. The molecule has 0 radical (unpaired) electrons. The second-order valence-electron chi connectivity index (χ2n) is 8.02. The van der Waals surface area contributed by atoms with E-state index in [1.807, 2.05) is 37.6 Å². The molecule has 1 atom stereocenters. The third kappa shape index (κ3) is 3.77. The molecule has 1 saturated heterocycles. The number of carbonyl (C=O) groups is 1. The van der Waals surface area contributed by atoms with Crippen molar-refractivity contribution in [1.29, 1.82) is 0 Å². The Kier molecular flexibility index (Phi) is 5.24. The average molecular weight is 406 g/mol. The summed E-state index contributed by atoms with van der Waals surface area (Å²) in [6.07, 6.45) is 5.86. The minimum Gasteiger partial charge on any atom is -0.336 e. The monoisotopic (exact) mass is 406 g/mol. The first-order valence-electron chi connectivity index (χ1n) is 10.1. The minimum absolute atomic E-state index is 0.136. The van der Waals surface area contributed by atoms with E-state index < -0.39 is 0 Å². The molecule has 1 unspecified atom stereocenters. The molecule has 1 fully saturated rings. The van der Waals surface area contributed by atoms with Gasteiger partial charge in [-0.2, -0.15) is 5.10 Å². The van der Waals surface area contributed by atoms with Gasteiger partial charge in [-0.05, 0) is 51.8 Å². The number of rotatable bonds is 4. The molecule has 30 heavy (non-hydrogen) atoms. The van der Waals surface area contributed by atoms with Gasteiger partial charge in [0.1, 0.15) is 5.56 Å². The summed E-state index contributed by atoms with van der Waals surface area (Å²) in [5.41, 5.74) is 4.17. The van der Waals surface area contributed by atoms with E-state index in [1.165, 1.54) is 4.57 Å². The maximum absolute atomic E-state index is 13.3. The van der Waals surface area contributed by atoms with E-state index in [-0.39, 0.29) is 29.6 Å². The van der Waals surface area contributed by atoms with Crippen LogP contribution in [0, 0.1) is 27.7 Å². The Morgan fingerprint density at radius 2 is 1.93 bits per heavy atom. The van der Waals surface area contributed by atoms with Crippen molar-refractivity contribution in [3.63, 3.8) is 0 Å². The van der Waals surface area contributed by atoms with Gasteiger partial charge < -0.3 is 9.47 Å². The lowest BCUT2D eigenvalue weighted by Crippen LogP contribution is -2.36. The second-order valence-corrected chi connectivity index (χ2v) is 8.02. The Balaban J connectivity index is 1.57. The van der Waals surface area contributed by atoms with Crippen LogP contribution >= 0.6 is 0 Å². The van der Waals surface area contributed by atoms with Crippen LogP contribution < -0.4 is 5.56 Å². The van der Waals surface area contributed by atoms with Gasteiger partial charge in [0.15, 0.2) is 0 Å². The molecule has 156 valence electrons. The number of nitrogens with zero attached hydrogens (tertiary/aromatic N) is 6. The van der Waals surface area contributed by atoms with E-state index in [1.54, 1.807) is 30.4 Å². The predicted octanol–water partition coefficient (Wildman–Crippen LogP) is 2.20. The number of amides is 1. The Bertz CT molecular complexity index is 1150. The van der Waals surface area contributed by atoms with Gasteiger partial charge in [-0.15, -0.1) is 0 Å². The highest BCUT2D eigenvalue weighted by Gasteiger charge is 2.31. The first-order valence-corrected chi connectivity index (χ1v) is 10.1. The molecule has 3 aromatic rings. The van der Waals surface area contributed by atoms with Crippen LogP contribution in [0.3, 0.4) is 0 Å². The quantitative estimate of drug-likeness (QED) is 0.663. The summed E-state index contributed by atoms with van der Waals surface area (Å²) in [6.45, 7) is 9.10. The zero-order valence-corrected chi connectivity index (χ0v) is 17.8. The molecular formula is C22H26N6O2. The van der Waals surface area contributed by atoms with Gasteiger partial charge in [-0.1, -0.05) is 0 Å². The van der Waals surface area contributed by atoms with Crippen molar-refractivity contribution >= 4 is 5.91 Å². The zero-order chi connectivity index (χ0) is 21.4. The lowest BCUT2D eigenvalue weighted by molar-refractivity contribution is 0.0783. The Morgan fingerprint density at radius 3 is 2.60 bits per heavy atom. The number of aryl methyl sites for hydroxylation is 4. The molecule has 0 bridgehead atoms. The van der Waals surface area contributed by atoms with E-state index in [2.05, 4.69) is 15.1 Å². The molecular weight excluding hydrogens is 380 g/mol. The molecule has 4 heterocycles. The van der Waals surface area contributed by atoms with Crippen LogP contribution in [0.2, 0.25) is 0 Å². The van der Waals surface area contributed by atoms with E-state index in [9.17, 15) is 9.59 Å². The molecule has 1 aliphatic heterocycles. The van der Waals surface area contributed by atoms with Crippen LogP contribution in [0.4, 0.5) is 0 Å². The Morgan fingerprint density at radius 1 is 1.13 bits per heavy atom. The topological polar surface area (TPSA) is 85.9 Å². The fourth-order valence-electron chi connectivity index (χ4n) is 4.03. The van der Waals surface area contributed by atoms with Crippen LogP contribution in [0.25, 0.3) is 0 Å². The molecule has 0 spiro atoms. The molecule has 4 rings (SSSR count). The number of carbonyl (C=O) groups excluding carboxylic acids is 1. The lowest BCUT2D eigenvalue weighted by Gasteiger charge is -2.19. The highest BCUT2D eigenvalue weighted by molar-refractivity contribution is 5.95. The number of aromatic nitrogens is 5. The standard InChI is InChI=1S/C22H26N6O2/c1-14-5-7-26(12-18-11-23-16(3)10-24-18)21(29)20(14)22(30)27-8-6-19(13-27)28-17(4)9-15(2)25-28/h5,7,9-11,19H,6,8,12-13H2,1-4H3. The fraction of sp³-hybridized carbons (Fsp3) is 0.409. The van der Waals surface area contributed by atoms with Crippen molar-refractivity contribution in [2.24, 2.45) is 0 Å². The summed E-state index contributed by atoms with van der Waals surface area (Å²) in [5, 5.41) is 4.56. The van der Waals surface area contributed by atoms with Crippen molar-refractivity contribution in [2.75, 3.05) is 13.1 Å². The predicted molar refractivity (Wildman–Crippen MR) is 113 cm³/mol. The SMILES string of the molecule is Cc1cnc(Cn2ccc(C)c(C(=O)N3CCC(n4nc(C)cc4C)C3)c2=O)cn1. The van der Waals surface area contributed by atoms with Gasteiger partial charge in [0, 0.05) is 31.2 Å². The van der Waals surface area contributed by atoms with Crippen molar-refractivity contribution < 1.29 is 4.79 Å². The fourth-order valence-corrected chi connectivity index (χ4v) is 4.03. The number of likely N-dealkylation sites (tertiary alicyclic amines) is 1. The van der Waals surface area contributed by atoms with Gasteiger partial charge in [-0.25, -0.2) is 0 Å². The van der Waals surface area contributed by atoms with E-state index in [0.717, 1.165) is 23.5 Å². The van der Waals surface area contributed by atoms with Gasteiger partial charge >= 0.3 is 0 Å². The highest BCUT2D eigenvalue weighted by atomic mass is 16.2. The molecule has 0 aromatic carbocycles. The van der Waals surface area contributed by atoms with Crippen LogP contribution in [0.15, 0.2) is 35.5 Å². The lowest BCUT2D eigenvalue weighted by atomic mass is 10.1. The first-order chi connectivity index (χ1) is 14.3. The number of hydrogen-bond acceptors (Lipinski definition) is 5. The van der Waals surface area contributed by atoms with Crippen LogP contribution in [-0.4, -0.2) is 48.2 Å². The normalized spacial score (nSPS) is 16.3. The smallest absolute Gasteiger partial charge is 0.264 e. The summed E-state index contributed by atoms with van der Waals surface area (Å²) in [7, 11) is 0. The van der Waals surface area contributed by atoms with E-state index >= 15 is 0 Å². The van der Waals surface area contributed by atoms with Crippen LogP contribution in [0.1, 0.15) is 51.2 Å². The van der Waals surface area contributed by atoms with Gasteiger partial charge in [0.05, 0.1) is 35.9 Å². The zero-order valence-electron chi connectivity index (χ0n) is 17.8. The maximum atomic E-state index is 13.3. The first kappa shape index (κ1) is 20.0. The largest absolute Gasteiger partial charge is 0.336 e. The molecule has 1 aliphatic rings. The van der Waals surface area contributed by atoms with Gasteiger partial charge in [-0.3, -0.25) is 24.2 Å². The highest BCUT2D eigenvalue weighted by Crippen LogP contribution is 2.24. The summed E-state index contributed by atoms with van der Waals surface area (Å²) in [4.78, 5) is 36.7. The number of pyridine rings is 1. The second kappa shape index (κ2) is 7.85. The molecule has 8 nitrogen and oxygen atoms in total. The molecule has 0 aliphatic carbocycles. The minimum atomic E-state index is -0.295. The van der Waals surface area contributed by atoms with Crippen LogP contribution in [-0.2, 0) is 6.54 Å². The van der Waals surface area contributed by atoms with Crippen molar-refractivity contribution in [2.45, 2.75) is 46.7 Å². The molecule has 0 saturated carbocycles. The summed E-state index contributed by atoms with van der Waals surface area (Å²) < 4.78 is 3.52. The van der Waals surface area contributed by atoms with Crippen LogP contribution in [0.5, 0.6) is 0 Å². The molecule has 1 amide bonds. The Hall–Kier alpha value is -3.29. The van der Waals surface area contributed by atoms with E-state index in [4.69, 9.17) is 0 Å². The molecule has 3 aromatic heterocycles. The van der Waals surface area contributed by atoms with E-state index in [0.29, 0.717) is 24.3 Å². The summed E-state index contributed by atoms with van der Waals surface area (Å²) >= 11 is 0. The average Bonchev–Trinajstić information content (AvgIpc) is 3.32. The van der Waals surface area contributed by atoms with Crippen molar-refractivity contribution in [1.82, 2.24) is 29.2 Å².